The van der Waals surface area contributed by atoms with Crippen molar-refractivity contribution in [3.63, 3.8) is 0 Å². The summed E-state index contributed by atoms with van der Waals surface area (Å²) in [7, 11) is 0. The first-order valence-electron chi connectivity index (χ1n) is 5.87. The number of hydrogen-bond donors (Lipinski definition) is 0. The second kappa shape index (κ2) is 6.75. The Morgan fingerprint density at radius 1 is 1.05 bits per heavy atom. The van der Waals surface area contributed by atoms with E-state index in [1.54, 1.807) is 18.2 Å². The molecule has 0 spiro atoms. The van der Waals surface area contributed by atoms with Gasteiger partial charge in [0.15, 0.2) is 0 Å². The van der Waals surface area contributed by atoms with Gasteiger partial charge in [0, 0.05) is 16.7 Å². The molecule has 0 fully saturated rings. The molecule has 0 unspecified atom stereocenters. The van der Waals surface area contributed by atoms with Crippen molar-refractivity contribution in [2.75, 3.05) is 0 Å². The number of alkyl halides is 2. The number of hydrogen-bond acceptors (Lipinski definition) is 2. The van der Waals surface area contributed by atoms with Crippen LogP contribution in [-0.4, -0.2) is 6.21 Å². The average Bonchev–Trinajstić information content (AvgIpc) is 2.45. The zero-order chi connectivity index (χ0) is 14.4. The maximum Gasteiger partial charge on any atom is 0.264 e. The van der Waals surface area contributed by atoms with Crippen LogP contribution in [0.5, 0.6) is 0 Å². The van der Waals surface area contributed by atoms with E-state index in [-0.39, 0.29) is 17.7 Å². The Bertz CT molecular complexity index is 599. The zero-order valence-corrected chi connectivity index (χ0v) is 10.4. The Labute approximate surface area is 114 Å². The molecule has 0 aliphatic carbocycles. The summed E-state index contributed by atoms with van der Waals surface area (Å²) >= 11 is 0. The standard InChI is InChI=1S/C15H11F3NO/c16-14-8-4-2-5-11(14)9-19-20-10-12-6-1-3-7-13(12)15(17)18/h1-8,15H,10H2. The first kappa shape index (κ1) is 14.1. The molecule has 103 valence electrons. The van der Waals surface area contributed by atoms with Crippen LogP contribution in [0.4, 0.5) is 13.2 Å². The van der Waals surface area contributed by atoms with Crippen molar-refractivity contribution in [1.29, 1.82) is 0 Å². The molecule has 2 nitrogen and oxygen atoms in total. The lowest BCUT2D eigenvalue weighted by Gasteiger charge is -2.06. The largest absolute Gasteiger partial charge is 0.390 e. The van der Waals surface area contributed by atoms with Crippen LogP contribution >= 0.6 is 0 Å². The highest BCUT2D eigenvalue weighted by molar-refractivity contribution is 5.79. The molecule has 0 atom stereocenters. The summed E-state index contributed by atoms with van der Waals surface area (Å²) in [6, 6.07) is 11.9. The van der Waals surface area contributed by atoms with E-state index in [0.29, 0.717) is 5.56 Å². The lowest BCUT2D eigenvalue weighted by molar-refractivity contribution is 0.120. The fourth-order valence-electron chi connectivity index (χ4n) is 1.61. The van der Waals surface area contributed by atoms with Gasteiger partial charge in [-0.2, -0.15) is 0 Å². The monoisotopic (exact) mass is 278 g/mol. The van der Waals surface area contributed by atoms with Gasteiger partial charge in [0.1, 0.15) is 18.6 Å². The van der Waals surface area contributed by atoms with Crippen LogP contribution in [0.25, 0.3) is 0 Å². The molecule has 1 radical (unpaired) electrons. The number of rotatable bonds is 5. The van der Waals surface area contributed by atoms with Gasteiger partial charge in [-0.3, -0.25) is 0 Å². The Kier molecular flexibility index (Phi) is 4.76. The third-order valence-electron chi connectivity index (χ3n) is 2.61. The molecule has 2 aromatic rings. The molecule has 20 heavy (non-hydrogen) atoms. The fourth-order valence-corrected chi connectivity index (χ4v) is 1.61. The first-order valence-corrected chi connectivity index (χ1v) is 5.87. The SMILES string of the molecule is Fc1ccccc1/[C]=N\OCc1ccccc1C(F)F. The van der Waals surface area contributed by atoms with Crippen molar-refractivity contribution in [3.8, 4) is 0 Å². The van der Waals surface area contributed by atoms with E-state index < -0.39 is 12.2 Å². The van der Waals surface area contributed by atoms with Crippen LogP contribution in [0.2, 0.25) is 0 Å². The van der Waals surface area contributed by atoms with E-state index in [9.17, 15) is 13.2 Å². The van der Waals surface area contributed by atoms with Gasteiger partial charge in [-0.25, -0.2) is 13.2 Å². The lowest BCUT2D eigenvalue weighted by atomic mass is 10.1. The fraction of sp³-hybridized carbons (Fsp3) is 0.133. The van der Waals surface area contributed by atoms with Crippen molar-refractivity contribution < 1.29 is 18.0 Å². The minimum atomic E-state index is -2.57. The second-order valence-electron chi connectivity index (χ2n) is 3.96. The zero-order valence-electron chi connectivity index (χ0n) is 10.4. The van der Waals surface area contributed by atoms with Crippen molar-refractivity contribution in [2.45, 2.75) is 13.0 Å². The molecule has 0 aliphatic rings. The molecule has 0 aliphatic heterocycles. The van der Waals surface area contributed by atoms with Crippen LogP contribution in [0, 0.1) is 5.82 Å². The Morgan fingerprint density at radius 3 is 2.50 bits per heavy atom. The molecule has 5 heteroatoms. The highest BCUT2D eigenvalue weighted by Crippen LogP contribution is 2.23. The van der Waals surface area contributed by atoms with Gasteiger partial charge >= 0.3 is 0 Å². The van der Waals surface area contributed by atoms with Gasteiger partial charge in [0.2, 0.25) is 0 Å². The predicted octanol–water partition coefficient (Wildman–Crippen LogP) is 4.19. The van der Waals surface area contributed by atoms with Crippen LogP contribution in [0.3, 0.4) is 0 Å². The molecular formula is C15H11F3NO. The van der Waals surface area contributed by atoms with E-state index in [1.807, 2.05) is 0 Å². The molecule has 0 amide bonds. The highest BCUT2D eigenvalue weighted by Gasteiger charge is 2.11. The average molecular weight is 278 g/mol. The minimum absolute atomic E-state index is 0.103. The van der Waals surface area contributed by atoms with Gasteiger partial charge in [0.05, 0.1) is 0 Å². The van der Waals surface area contributed by atoms with E-state index in [1.165, 1.54) is 30.3 Å². The quantitative estimate of drug-likeness (QED) is 0.593. The van der Waals surface area contributed by atoms with E-state index in [4.69, 9.17) is 4.84 Å². The molecule has 0 N–H and O–H groups in total. The summed E-state index contributed by atoms with van der Waals surface area (Å²) in [5.74, 6) is -0.479. The maximum atomic E-state index is 13.2. The van der Waals surface area contributed by atoms with Crippen LogP contribution in [-0.2, 0) is 11.4 Å². The van der Waals surface area contributed by atoms with Gasteiger partial charge in [-0.15, -0.1) is 0 Å². The van der Waals surface area contributed by atoms with Crippen molar-refractivity contribution in [3.05, 3.63) is 71.0 Å². The number of benzene rings is 2. The Hall–Kier alpha value is -2.30. The molecule has 2 rings (SSSR count). The lowest BCUT2D eigenvalue weighted by Crippen LogP contribution is -1.96. The predicted molar refractivity (Wildman–Crippen MR) is 69.1 cm³/mol. The molecule has 2 aromatic carbocycles. The molecule has 0 bridgehead atoms. The first-order chi connectivity index (χ1) is 9.68. The third kappa shape index (κ3) is 3.60. The third-order valence-corrected chi connectivity index (χ3v) is 2.61. The van der Waals surface area contributed by atoms with Crippen molar-refractivity contribution in [2.24, 2.45) is 5.16 Å². The summed E-state index contributed by atoms with van der Waals surface area (Å²) in [5, 5.41) is 3.46. The van der Waals surface area contributed by atoms with Crippen molar-refractivity contribution >= 4 is 6.21 Å². The van der Waals surface area contributed by atoms with Crippen LogP contribution in [0.1, 0.15) is 23.1 Å². The highest BCUT2D eigenvalue weighted by atomic mass is 19.3. The smallest absolute Gasteiger partial charge is 0.264 e. The number of halogens is 3. The van der Waals surface area contributed by atoms with Crippen LogP contribution < -0.4 is 0 Å². The minimum Gasteiger partial charge on any atom is -0.390 e. The molecular weight excluding hydrogens is 267 g/mol. The number of nitrogens with zero attached hydrogens (tertiary/aromatic N) is 1. The molecule has 0 saturated heterocycles. The van der Waals surface area contributed by atoms with Crippen LogP contribution in [0.15, 0.2) is 53.7 Å². The normalized spacial score (nSPS) is 11.2. The van der Waals surface area contributed by atoms with Gasteiger partial charge in [0.25, 0.3) is 6.43 Å². The summed E-state index contributed by atoms with van der Waals surface area (Å²) in [6.07, 6.45) is -0.203. The van der Waals surface area contributed by atoms with Gasteiger partial charge in [-0.1, -0.05) is 41.6 Å². The molecule has 0 aromatic heterocycles. The molecule has 0 saturated carbocycles. The Morgan fingerprint density at radius 2 is 1.75 bits per heavy atom. The maximum absolute atomic E-state index is 13.2. The van der Waals surface area contributed by atoms with E-state index in [0.717, 1.165) is 0 Å². The van der Waals surface area contributed by atoms with Crippen molar-refractivity contribution in [1.82, 2.24) is 0 Å². The van der Waals surface area contributed by atoms with E-state index >= 15 is 0 Å². The summed E-state index contributed by atoms with van der Waals surface area (Å²) in [5.41, 5.74) is 0.379. The summed E-state index contributed by atoms with van der Waals surface area (Å²) in [4.78, 5) is 4.88. The Balaban J connectivity index is 1.98. The topological polar surface area (TPSA) is 21.6 Å². The van der Waals surface area contributed by atoms with Gasteiger partial charge in [-0.05, 0) is 12.1 Å². The summed E-state index contributed by atoms with van der Waals surface area (Å²) < 4.78 is 38.6. The molecule has 0 heterocycles. The summed E-state index contributed by atoms with van der Waals surface area (Å²) in [6.45, 7) is -0.123. The second-order valence-corrected chi connectivity index (χ2v) is 3.96. The van der Waals surface area contributed by atoms with E-state index in [2.05, 4.69) is 11.4 Å². The van der Waals surface area contributed by atoms with Gasteiger partial charge < -0.3 is 4.84 Å².